The standard InChI is InChI=1S/C19H23NO3/c1-12-18(2,3)14-9-10-19(12,11-14)17(22)20-15-7-5-13(6-8-15)16(21)23-4/h5-8,14H,1,9-11H2,2-4H3,(H,20,22). The maximum absolute atomic E-state index is 12.9. The molecule has 0 aliphatic heterocycles. The number of hydrogen-bond donors (Lipinski definition) is 1. The number of amides is 1. The highest BCUT2D eigenvalue weighted by Gasteiger charge is 2.60. The van der Waals surface area contributed by atoms with Crippen LogP contribution in [0.1, 0.15) is 43.5 Å². The van der Waals surface area contributed by atoms with E-state index in [1.54, 1.807) is 24.3 Å². The van der Waals surface area contributed by atoms with Gasteiger partial charge in [-0.2, -0.15) is 0 Å². The molecule has 23 heavy (non-hydrogen) atoms. The summed E-state index contributed by atoms with van der Waals surface area (Å²) in [6.45, 7) is 8.64. The quantitative estimate of drug-likeness (QED) is 0.682. The Morgan fingerprint density at radius 2 is 1.91 bits per heavy atom. The predicted molar refractivity (Wildman–Crippen MR) is 89.1 cm³/mol. The van der Waals surface area contributed by atoms with E-state index in [0.29, 0.717) is 17.2 Å². The van der Waals surface area contributed by atoms with Gasteiger partial charge in [0, 0.05) is 5.69 Å². The Hall–Kier alpha value is -2.10. The predicted octanol–water partition coefficient (Wildman–Crippen LogP) is 3.79. The second kappa shape index (κ2) is 5.22. The maximum Gasteiger partial charge on any atom is 0.337 e. The summed E-state index contributed by atoms with van der Waals surface area (Å²) in [7, 11) is 1.35. The first-order valence-electron chi connectivity index (χ1n) is 8.01. The van der Waals surface area contributed by atoms with Crippen LogP contribution in [0.15, 0.2) is 36.4 Å². The van der Waals surface area contributed by atoms with E-state index in [1.165, 1.54) is 7.11 Å². The highest BCUT2D eigenvalue weighted by atomic mass is 16.5. The molecule has 4 nitrogen and oxygen atoms in total. The number of hydrogen-bond acceptors (Lipinski definition) is 3. The minimum absolute atomic E-state index is 0.0291. The third kappa shape index (κ3) is 2.28. The molecule has 4 heteroatoms. The molecule has 1 amide bonds. The number of carbonyl (C=O) groups excluding carboxylic acids is 2. The Bertz CT molecular complexity index is 674. The van der Waals surface area contributed by atoms with Gasteiger partial charge in [0.15, 0.2) is 0 Å². The molecular weight excluding hydrogens is 290 g/mol. The molecule has 2 unspecified atom stereocenters. The number of rotatable bonds is 3. The molecule has 2 bridgehead atoms. The highest BCUT2D eigenvalue weighted by Crippen LogP contribution is 2.65. The number of carbonyl (C=O) groups is 2. The van der Waals surface area contributed by atoms with Gasteiger partial charge in [-0.1, -0.05) is 26.0 Å². The van der Waals surface area contributed by atoms with E-state index in [9.17, 15) is 9.59 Å². The van der Waals surface area contributed by atoms with E-state index >= 15 is 0 Å². The minimum Gasteiger partial charge on any atom is -0.465 e. The van der Waals surface area contributed by atoms with Crippen molar-refractivity contribution in [3.63, 3.8) is 0 Å². The molecule has 0 saturated heterocycles. The van der Waals surface area contributed by atoms with Crippen LogP contribution in [-0.2, 0) is 9.53 Å². The van der Waals surface area contributed by atoms with Gasteiger partial charge in [0.05, 0.1) is 18.1 Å². The summed E-state index contributed by atoms with van der Waals surface area (Å²) in [5, 5.41) is 3.00. The maximum atomic E-state index is 12.9. The summed E-state index contributed by atoms with van der Waals surface area (Å²) in [5.74, 6) is 0.190. The molecule has 2 fully saturated rings. The number of methoxy groups -OCH3 is 1. The van der Waals surface area contributed by atoms with Crippen molar-refractivity contribution in [1.29, 1.82) is 0 Å². The Morgan fingerprint density at radius 3 is 2.43 bits per heavy atom. The first kappa shape index (κ1) is 15.8. The topological polar surface area (TPSA) is 55.4 Å². The van der Waals surface area contributed by atoms with Crippen LogP contribution in [0.25, 0.3) is 0 Å². The molecule has 0 heterocycles. The summed E-state index contributed by atoms with van der Waals surface area (Å²) in [5.41, 5.74) is 1.82. The molecule has 0 aromatic heterocycles. The van der Waals surface area contributed by atoms with Crippen molar-refractivity contribution in [2.75, 3.05) is 12.4 Å². The fourth-order valence-electron chi connectivity index (χ4n) is 4.20. The van der Waals surface area contributed by atoms with Crippen molar-refractivity contribution < 1.29 is 14.3 Å². The number of esters is 1. The van der Waals surface area contributed by atoms with Crippen LogP contribution in [0, 0.1) is 16.7 Å². The molecule has 2 aliphatic carbocycles. The summed E-state index contributed by atoms with van der Waals surface area (Å²) in [6.07, 6.45) is 2.86. The Balaban J connectivity index is 1.78. The van der Waals surface area contributed by atoms with Crippen LogP contribution in [0.3, 0.4) is 0 Å². The lowest BCUT2D eigenvalue weighted by Gasteiger charge is -2.37. The van der Waals surface area contributed by atoms with Crippen molar-refractivity contribution in [3.8, 4) is 0 Å². The Morgan fingerprint density at radius 1 is 1.26 bits per heavy atom. The lowest BCUT2D eigenvalue weighted by Crippen LogP contribution is -2.37. The molecule has 1 aromatic rings. The third-order valence-electron chi connectivity index (χ3n) is 5.89. The first-order valence-corrected chi connectivity index (χ1v) is 8.01. The largest absolute Gasteiger partial charge is 0.465 e. The van der Waals surface area contributed by atoms with Gasteiger partial charge in [-0.3, -0.25) is 4.79 Å². The molecule has 2 aliphatic rings. The monoisotopic (exact) mass is 313 g/mol. The van der Waals surface area contributed by atoms with Crippen LogP contribution in [0.2, 0.25) is 0 Å². The minimum atomic E-state index is -0.435. The third-order valence-corrected chi connectivity index (χ3v) is 5.89. The number of anilines is 1. The normalized spacial score (nSPS) is 27.8. The van der Waals surface area contributed by atoms with Crippen LogP contribution in [0.5, 0.6) is 0 Å². The number of fused-ring (bicyclic) bond motifs is 2. The molecule has 122 valence electrons. The van der Waals surface area contributed by atoms with Gasteiger partial charge in [0.1, 0.15) is 0 Å². The lowest BCUT2D eigenvalue weighted by atomic mass is 9.68. The van der Waals surface area contributed by atoms with Gasteiger partial charge in [-0.25, -0.2) is 4.79 Å². The second-order valence-electron chi connectivity index (χ2n) is 7.25. The van der Waals surface area contributed by atoms with Crippen LogP contribution in [0.4, 0.5) is 5.69 Å². The molecule has 2 atom stereocenters. The van der Waals surface area contributed by atoms with Crippen LogP contribution < -0.4 is 5.32 Å². The molecule has 1 aromatic carbocycles. The number of nitrogens with one attached hydrogen (secondary N) is 1. The van der Waals surface area contributed by atoms with Gasteiger partial charge in [-0.15, -0.1) is 0 Å². The number of benzene rings is 1. The van der Waals surface area contributed by atoms with Crippen molar-refractivity contribution in [2.45, 2.75) is 33.1 Å². The lowest BCUT2D eigenvalue weighted by molar-refractivity contribution is -0.123. The fraction of sp³-hybridized carbons (Fsp3) is 0.474. The van der Waals surface area contributed by atoms with E-state index in [-0.39, 0.29) is 17.3 Å². The summed E-state index contributed by atoms with van der Waals surface area (Å²) >= 11 is 0. The molecule has 3 rings (SSSR count). The fourth-order valence-corrected chi connectivity index (χ4v) is 4.20. The summed E-state index contributed by atoms with van der Waals surface area (Å²) in [4.78, 5) is 24.4. The molecule has 1 N–H and O–H groups in total. The van der Waals surface area contributed by atoms with Crippen LogP contribution in [-0.4, -0.2) is 19.0 Å². The first-order chi connectivity index (χ1) is 10.8. The zero-order valence-electron chi connectivity index (χ0n) is 13.9. The van der Waals surface area contributed by atoms with Gasteiger partial charge in [0.25, 0.3) is 0 Å². The summed E-state index contributed by atoms with van der Waals surface area (Å²) in [6, 6.07) is 6.78. The average Bonchev–Trinajstić information content (AvgIpc) is 3.07. The van der Waals surface area contributed by atoms with E-state index < -0.39 is 5.41 Å². The zero-order valence-corrected chi connectivity index (χ0v) is 13.9. The van der Waals surface area contributed by atoms with E-state index in [4.69, 9.17) is 0 Å². The second-order valence-corrected chi connectivity index (χ2v) is 7.25. The van der Waals surface area contributed by atoms with Crippen molar-refractivity contribution in [1.82, 2.24) is 0 Å². The van der Waals surface area contributed by atoms with Crippen molar-refractivity contribution in [2.24, 2.45) is 16.7 Å². The van der Waals surface area contributed by atoms with Crippen molar-refractivity contribution in [3.05, 3.63) is 42.0 Å². The van der Waals surface area contributed by atoms with Gasteiger partial charge >= 0.3 is 5.97 Å². The molecular formula is C19H23NO3. The Labute approximate surface area is 136 Å². The average molecular weight is 313 g/mol. The highest BCUT2D eigenvalue weighted by molar-refractivity contribution is 5.99. The molecule has 2 saturated carbocycles. The van der Waals surface area contributed by atoms with Gasteiger partial charge < -0.3 is 10.1 Å². The SMILES string of the molecule is C=C1C2(C(=O)Nc3ccc(C(=O)OC)cc3)CCC(C2)C1(C)C. The van der Waals surface area contributed by atoms with Gasteiger partial charge in [-0.05, 0) is 54.9 Å². The van der Waals surface area contributed by atoms with Crippen LogP contribution >= 0.6 is 0 Å². The smallest absolute Gasteiger partial charge is 0.337 e. The molecule has 0 spiro atoms. The van der Waals surface area contributed by atoms with Gasteiger partial charge in [0.2, 0.25) is 5.91 Å². The molecule has 0 radical (unpaired) electrons. The van der Waals surface area contributed by atoms with E-state index in [2.05, 4.69) is 30.5 Å². The van der Waals surface area contributed by atoms with E-state index in [1.807, 2.05) is 0 Å². The Kier molecular flexibility index (Phi) is 3.58. The van der Waals surface area contributed by atoms with E-state index in [0.717, 1.165) is 24.8 Å². The summed E-state index contributed by atoms with van der Waals surface area (Å²) < 4.78 is 4.68. The zero-order chi connectivity index (χ0) is 16.8. The van der Waals surface area contributed by atoms with Crippen molar-refractivity contribution >= 4 is 17.6 Å². The number of ether oxygens (including phenoxy) is 1.